The number of hydrogen-bond donors (Lipinski definition) is 0. The number of rotatable bonds is 5. The topological polar surface area (TPSA) is 9.23 Å². The lowest BCUT2D eigenvalue weighted by molar-refractivity contribution is 0.401. The fraction of sp³-hybridized carbons (Fsp3) is 0.538. The van der Waals surface area contributed by atoms with Gasteiger partial charge in [0.2, 0.25) is 0 Å². The van der Waals surface area contributed by atoms with Crippen LogP contribution in [-0.4, -0.2) is 7.11 Å². The van der Waals surface area contributed by atoms with Crippen molar-refractivity contribution < 1.29 is 4.74 Å². The zero-order valence-electron chi connectivity index (χ0n) is 9.42. The van der Waals surface area contributed by atoms with Gasteiger partial charge in [-0.25, -0.2) is 0 Å². The molecule has 78 valence electrons. The van der Waals surface area contributed by atoms with E-state index in [0.29, 0.717) is 0 Å². The van der Waals surface area contributed by atoms with Crippen LogP contribution in [0.4, 0.5) is 0 Å². The average molecular weight is 192 g/mol. The molecule has 0 amide bonds. The summed E-state index contributed by atoms with van der Waals surface area (Å²) in [6, 6.07) is 8.31. The third-order valence-electron chi connectivity index (χ3n) is 2.86. The molecule has 0 radical (unpaired) electrons. The molecule has 0 aromatic heterocycles. The maximum atomic E-state index is 5.34. The summed E-state index contributed by atoms with van der Waals surface area (Å²) >= 11 is 0. The van der Waals surface area contributed by atoms with Crippen LogP contribution in [0.25, 0.3) is 0 Å². The van der Waals surface area contributed by atoms with E-state index in [1.165, 1.54) is 18.4 Å². The molecule has 0 atom stereocenters. The van der Waals surface area contributed by atoms with E-state index in [0.717, 1.165) is 18.1 Å². The standard InChI is InChI=1S/C13H20O/c1-4-11(5-2)10-12-8-6-7-9-13(12)14-3/h6-9,11H,4-5,10H2,1-3H3. The Balaban J connectivity index is 2.74. The number of para-hydroxylation sites is 1. The highest BCUT2D eigenvalue weighted by Crippen LogP contribution is 2.23. The van der Waals surface area contributed by atoms with Crippen molar-refractivity contribution >= 4 is 0 Å². The lowest BCUT2D eigenvalue weighted by atomic mass is 9.94. The van der Waals surface area contributed by atoms with Crippen molar-refractivity contribution in [3.63, 3.8) is 0 Å². The normalized spacial score (nSPS) is 10.6. The number of benzene rings is 1. The largest absolute Gasteiger partial charge is 0.496 e. The quantitative estimate of drug-likeness (QED) is 0.691. The van der Waals surface area contributed by atoms with Crippen molar-refractivity contribution in [1.29, 1.82) is 0 Å². The van der Waals surface area contributed by atoms with Gasteiger partial charge in [0.25, 0.3) is 0 Å². The van der Waals surface area contributed by atoms with Crippen LogP contribution < -0.4 is 4.74 Å². The predicted molar refractivity (Wildman–Crippen MR) is 60.8 cm³/mol. The van der Waals surface area contributed by atoms with Crippen LogP contribution in [0.5, 0.6) is 5.75 Å². The van der Waals surface area contributed by atoms with Crippen molar-refractivity contribution in [1.82, 2.24) is 0 Å². The zero-order chi connectivity index (χ0) is 10.4. The smallest absolute Gasteiger partial charge is 0.122 e. The minimum atomic E-state index is 0.784. The molecule has 0 saturated heterocycles. The van der Waals surface area contributed by atoms with E-state index in [1.54, 1.807) is 7.11 Å². The molecule has 0 fully saturated rings. The van der Waals surface area contributed by atoms with Gasteiger partial charge in [-0.15, -0.1) is 0 Å². The second-order valence-electron chi connectivity index (χ2n) is 3.70. The van der Waals surface area contributed by atoms with E-state index < -0.39 is 0 Å². The highest BCUT2D eigenvalue weighted by atomic mass is 16.5. The molecule has 0 saturated carbocycles. The van der Waals surface area contributed by atoms with E-state index >= 15 is 0 Å². The molecular formula is C13H20O. The molecule has 0 unspecified atom stereocenters. The second-order valence-corrected chi connectivity index (χ2v) is 3.70. The summed E-state index contributed by atoms with van der Waals surface area (Å²) in [4.78, 5) is 0. The fourth-order valence-corrected chi connectivity index (χ4v) is 1.76. The van der Waals surface area contributed by atoms with Crippen LogP contribution in [0.2, 0.25) is 0 Å². The van der Waals surface area contributed by atoms with Crippen molar-refractivity contribution in [2.45, 2.75) is 33.1 Å². The van der Waals surface area contributed by atoms with Gasteiger partial charge in [0, 0.05) is 0 Å². The molecular weight excluding hydrogens is 172 g/mol. The summed E-state index contributed by atoms with van der Waals surface area (Å²) in [5.41, 5.74) is 1.34. The highest BCUT2D eigenvalue weighted by Gasteiger charge is 2.08. The van der Waals surface area contributed by atoms with E-state index in [4.69, 9.17) is 4.74 Å². The summed E-state index contributed by atoms with van der Waals surface area (Å²) in [5, 5.41) is 0. The molecule has 0 aliphatic carbocycles. The van der Waals surface area contributed by atoms with Gasteiger partial charge < -0.3 is 4.74 Å². The Labute approximate surface area is 87.1 Å². The summed E-state index contributed by atoms with van der Waals surface area (Å²) in [7, 11) is 1.74. The fourth-order valence-electron chi connectivity index (χ4n) is 1.76. The van der Waals surface area contributed by atoms with E-state index in [9.17, 15) is 0 Å². The van der Waals surface area contributed by atoms with Gasteiger partial charge in [0.15, 0.2) is 0 Å². The zero-order valence-corrected chi connectivity index (χ0v) is 9.42. The van der Waals surface area contributed by atoms with Gasteiger partial charge in [-0.2, -0.15) is 0 Å². The summed E-state index contributed by atoms with van der Waals surface area (Å²) < 4.78 is 5.34. The first-order chi connectivity index (χ1) is 6.81. The molecule has 1 nitrogen and oxygen atoms in total. The Morgan fingerprint density at radius 1 is 1.14 bits per heavy atom. The summed E-state index contributed by atoms with van der Waals surface area (Å²) in [6.45, 7) is 4.51. The van der Waals surface area contributed by atoms with Crippen LogP contribution in [0.3, 0.4) is 0 Å². The monoisotopic (exact) mass is 192 g/mol. The van der Waals surface area contributed by atoms with Crippen LogP contribution in [0, 0.1) is 5.92 Å². The Bertz CT molecular complexity index is 264. The highest BCUT2D eigenvalue weighted by molar-refractivity contribution is 5.33. The third-order valence-corrected chi connectivity index (χ3v) is 2.86. The predicted octanol–water partition coefficient (Wildman–Crippen LogP) is 3.67. The van der Waals surface area contributed by atoms with Crippen molar-refractivity contribution in [2.24, 2.45) is 5.92 Å². The van der Waals surface area contributed by atoms with Gasteiger partial charge in [-0.05, 0) is 24.0 Å². The van der Waals surface area contributed by atoms with Crippen LogP contribution in [-0.2, 0) is 6.42 Å². The molecule has 1 heteroatoms. The second kappa shape index (κ2) is 5.69. The minimum Gasteiger partial charge on any atom is -0.496 e. The van der Waals surface area contributed by atoms with Gasteiger partial charge in [0.05, 0.1) is 7.11 Å². The lowest BCUT2D eigenvalue weighted by Crippen LogP contribution is -2.03. The molecule has 0 aliphatic rings. The molecule has 0 N–H and O–H groups in total. The van der Waals surface area contributed by atoms with E-state index in [1.807, 2.05) is 12.1 Å². The Morgan fingerprint density at radius 2 is 1.79 bits per heavy atom. The number of methoxy groups -OCH3 is 1. The Morgan fingerprint density at radius 3 is 2.36 bits per heavy atom. The summed E-state index contributed by atoms with van der Waals surface area (Å²) in [5.74, 6) is 1.81. The average Bonchev–Trinajstić information content (AvgIpc) is 2.26. The maximum Gasteiger partial charge on any atom is 0.122 e. The van der Waals surface area contributed by atoms with Crippen molar-refractivity contribution in [2.75, 3.05) is 7.11 Å². The first-order valence-electron chi connectivity index (χ1n) is 5.43. The lowest BCUT2D eigenvalue weighted by Gasteiger charge is -2.14. The molecule has 0 spiro atoms. The van der Waals surface area contributed by atoms with Crippen molar-refractivity contribution in [3.05, 3.63) is 29.8 Å². The van der Waals surface area contributed by atoms with Gasteiger partial charge >= 0.3 is 0 Å². The van der Waals surface area contributed by atoms with E-state index in [-0.39, 0.29) is 0 Å². The van der Waals surface area contributed by atoms with Gasteiger partial charge in [-0.1, -0.05) is 44.9 Å². The number of ether oxygens (including phenoxy) is 1. The molecule has 1 aromatic rings. The van der Waals surface area contributed by atoms with Gasteiger partial charge in [-0.3, -0.25) is 0 Å². The van der Waals surface area contributed by atoms with Crippen molar-refractivity contribution in [3.8, 4) is 5.75 Å². The molecule has 0 bridgehead atoms. The third kappa shape index (κ3) is 2.76. The van der Waals surface area contributed by atoms with Crippen LogP contribution in [0.15, 0.2) is 24.3 Å². The first kappa shape index (κ1) is 11.1. The van der Waals surface area contributed by atoms with Crippen LogP contribution >= 0.6 is 0 Å². The molecule has 0 aliphatic heterocycles. The molecule has 0 heterocycles. The molecule has 14 heavy (non-hydrogen) atoms. The van der Waals surface area contributed by atoms with E-state index in [2.05, 4.69) is 26.0 Å². The minimum absolute atomic E-state index is 0.784. The Hall–Kier alpha value is -0.980. The van der Waals surface area contributed by atoms with Crippen LogP contribution in [0.1, 0.15) is 32.3 Å². The van der Waals surface area contributed by atoms with Gasteiger partial charge in [0.1, 0.15) is 5.75 Å². The number of hydrogen-bond acceptors (Lipinski definition) is 1. The molecule has 1 rings (SSSR count). The maximum absolute atomic E-state index is 5.34. The first-order valence-corrected chi connectivity index (χ1v) is 5.43. The Kier molecular flexibility index (Phi) is 4.51. The summed E-state index contributed by atoms with van der Waals surface area (Å²) in [6.07, 6.45) is 3.63. The SMILES string of the molecule is CCC(CC)Cc1ccccc1OC. The molecule has 1 aromatic carbocycles.